The van der Waals surface area contributed by atoms with Crippen molar-refractivity contribution in [2.75, 3.05) is 0 Å². The van der Waals surface area contributed by atoms with Crippen LogP contribution in [0.25, 0.3) is 0 Å². The molecule has 0 radical (unpaired) electrons. The van der Waals surface area contributed by atoms with Crippen LogP contribution in [-0.2, 0) is 9.53 Å². The predicted octanol–water partition coefficient (Wildman–Crippen LogP) is 2.28. The molecule has 2 aliphatic heterocycles. The maximum absolute atomic E-state index is 11.9. The second-order valence-corrected chi connectivity index (χ2v) is 5.79. The average molecular weight is 248 g/mol. The number of esters is 1. The van der Waals surface area contributed by atoms with Crippen LogP contribution in [0, 0.1) is 5.92 Å². The summed E-state index contributed by atoms with van der Waals surface area (Å²) in [6, 6.07) is 0.504. The number of hydrogen-bond donors (Lipinski definition) is 1. The lowest BCUT2D eigenvalue weighted by Gasteiger charge is -2.42. The van der Waals surface area contributed by atoms with E-state index in [-0.39, 0.29) is 30.0 Å². The molecule has 94 valence electrons. The summed E-state index contributed by atoms with van der Waals surface area (Å²) in [7, 11) is 0. The van der Waals surface area contributed by atoms with Crippen LogP contribution in [0.15, 0.2) is 0 Å². The highest BCUT2D eigenvalue weighted by molar-refractivity contribution is 5.85. The van der Waals surface area contributed by atoms with Gasteiger partial charge in [-0.05, 0) is 52.4 Å². The van der Waals surface area contributed by atoms with E-state index in [0.29, 0.717) is 12.0 Å². The largest absolute Gasteiger partial charge is 0.459 e. The summed E-state index contributed by atoms with van der Waals surface area (Å²) in [6.45, 7) is 5.77. The van der Waals surface area contributed by atoms with Crippen LogP contribution < -0.4 is 5.32 Å². The minimum absolute atomic E-state index is 0. The Balaban J connectivity index is 0.00000128. The summed E-state index contributed by atoms with van der Waals surface area (Å²) in [6.07, 6.45) is 4.82. The number of carbonyl (C=O) groups excluding carboxylic acids is 1. The maximum Gasteiger partial charge on any atom is 0.323 e. The third-order valence-electron chi connectivity index (χ3n) is 3.32. The summed E-state index contributed by atoms with van der Waals surface area (Å²) < 4.78 is 5.43. The molecule has 0 aromatic rings. The molecular formula is C12H22ClNO2. The topological polar surface area (TPSA) is 38.3 Å². The van der Waals surface area contributed by atoms with E-state index >= 15 is 0 Å². The van der Waals surface area contributed by atoms with Gasteiger partial charge in [0.15, 0.2) is 0 Å². The van der Waals surface area contributed by atoms with Crippen molar-refractivity contribution in [2.24, 2.45) is 5.92 Å². The van der Waals surface area contributed by atoms with Crippen molar-refractivity contribution < 1.29 is 9.53 Å². The number of piperidine rings is 2. The van der Waals surface area contributed by atoms with Crippen molar-refractivity contribution in [3.8, 4) is 0 Å². The van der Waals surface area contributed by atoms with E-state index in [1.54, 1.807) is 0 Å². The number of fused-ring (bicyclic) bond motifs is 3. The second-order valence-electron chi connectivity index (χ2n) is 5.79. The SMILES string of the molecule is CC(C)(C)OC(=O)C1NC2CCC1CC2.Cl. The van der Waals surface area contributed by atoms with Crippen LogP contribution in [0.5, 0.6) is 0 Å². The van der Waals surface area contributed by atoms with E-state index in [1.807, 2.05) is 20.8 Å². The molecule has 0 aromatic carbocycles. The van der Waals surface area contributed by atoms with Gasteiger partial charge in [0.05, 0.1) is 0 Å². The van der Waals surface area contributed by atoms with Crippen LogP contribution in [0.2, 0.25) is 0 Å². The van der Waals surface area contributed by atoms with E-state index in [2.05, 4.69) is 5.32 Å². The van der Waals surface area contributed by atoms with Gasteiger partial charge in [0.25, 0.3) is 0 Å². The highest BCUT2D eigenvalue weighted by Gasteiger charge is 2.40. The van der Waals surface area contributed by atoms with Gasteiger partial charge in [-0.25, -0.2) is 0 Å². The second kappa shape index (κ2) is 4.92. The fourth-order valence-electron chi connectivity index (χ4n) is 2.63. The molecule has 2 bridgehead atoms. The molecule has 1 aliphatic carbocycles. The number of nitrogens with one attached hydrogen (secondary N) is 1. The molecule has 3 rings (SSSR count). The number of ether oxygens (including phenoxy) is 1. The number of rotatable bonds is 1. The van der Waals surface area contributed by atoms with E-state index in [9.17, 15) is 4.79 Å². The van der Waals surface area contributed by atoms with Crippen LogP contribution in [0.3, 0.4) is 0 Å². The summed E-state index contributed by atoms with van der Waals surface area (Å²) in [5.41, 5.74) is -0.366. The van der Waals surface area contributed by atoms with Crippen molar-refractivity contribution in [2.45, 2.75) is 64.1 Å². The first kappa shape index (κ1) is 13.8. The van der Waals surface area contributed by atoms with Gasteiger partial charge in [-0.1, -0.05) is 0 Å². The highest BCUT2D eigenvalue weighted by atomic mass is 35.5. The highest BCUT2D eigenvalue weighted by Crippen LogP contribution is 2.33. The van der Waals surface area contributed by atoms with Gasteiger partial charge in [-0.15, -0.1) is 12.4 Å². The van der Waals surface area contributed by atoms with Crippen molar-refractivity contribution in [3.63, 3.8) is 0 Å². The molecule has 1 N–H and O–H groups in total. The lowest BCUT2D eigenvalue weighted by Crippen LogP contribution is -2.57. The molecule has 16 heavy (non-hydrogen) atoms. The van der Waals surface area contributed by atoms with E-state index < -0.39 is 0 Å². The lowest BCUT2D eigenvalue weighted by molar-refractivity contribution is -0.161. The van der Waals surface area contributed by atoms with Crippen molar-refractivity contribution in [3.05, 3.63) is 0 Å². The minimum atomic E-state index is -0.366. The normalized spacial score (nSPS) is 33.1. The number of halogens is 1. The molecule has 0 amide bonds. The Morgan fingerprint density at radius 1 is 1.19 bits per heavy atom. The Morgan fingerprint density at radius 3 is 2.12 bits per heavy atom. The maximum atomic E-state index is 11.9. The Hall–Kier alpha value is -0.280. The standard InChI is InChI=1S/C12H21NO2.ClH/c1-12(2,3)15-11(14)10-8-4-6-9(13-10)7-5-8;/h8-10,13H,4-7H2,1-3H3;1H. The average Bonchev–Trinajstić information content (AvgIpc) is 2.17. The van der Waals surface area contributed by atoms with Crippen LogP contribution >= 0.6 is 12.4 Å². The minimum Gasteiger partial charge on any atom is -0.459 e. The van der Waals surface area contributed by atoms with E-state index in [4.69, 9.17) is 4.74 Å². The molecule has 0 aromatic heterocycles. The molecular weight excluding hydrogens is 226 g/mol. The first-order chi connectivity index (χ1) is 6.96. The zero-order valence-electron chi connectivity index (χ0n) is 10.3. The van der Waals surface area contributed by atoms with Crippen LogP contribution in [0.1, 0.15) is 46.5 Å². The molecule has 3 nitrogen and oxygen atoms in total. The Bertz CT molecular complexity index is 254. The first-order valence-corrected chi connectivity index (χ1v) is 5.94. The third kappa shape index (κ3) is 3.11. The molecule has 0 spiro atoms. The predicted molar refractivity (Wildman–Crippen MR) is 65.8 cm³/mol. The Morgan fingerprint density at radius 2 is 1.75 bits per heavy atom. The van der Waals surface area contributed by atoms with Crippen molar-refractivity contribution in [1.82, 2.24) is 5.32 Å². The Labute approximate surface area is 104 Å². The third-order valence-corrected chi connectivity index (χ3v) is 3.32. The van der Waals surface area contributed by atoms with Crippen molar-refractivity contribution >= 4 is 18.4 Å². The number of carbonyl (C=O) groups is 1. The zero-order chi connectivity index (χ0) is 11.1. The summed E-state index contributed by atoms with van der Waals surface area (Å²) in [4.78, 5) is 11.9. The summed E-state index contributed by atoms with van der Waals surface area (Å²) in [5, 5.41) is 3.40. The van der Waals surface area contributed by atoms with Gasteiger partial charge >= 0.3 is 5.97 Å². The van der Waals surface area contributed by atoms with Gasteiger partial charge < -0.3 is 10.1 Å². The smallest absolute Gasteiger partial charge is 0.323 e. The lowest BCUT2D eigenvalue weighted by atomic mass is 9.76. The van der Waals surface area contributed by atoms with Gasteiger partial charge in [0.2, 0.25) is 0 Å². The Kier molecular flexibility index (Phi) is 4.24. The molecule has 1 atom stereocenters. The molecule has 1 saturated carbocycles. The van der Waals surface area contributed by atoms with E-state index in [1.165, 1.54) is 25.7 Å². The fourth-order valence-corrected chi connectivity index (χ4v) is 2.63. The quantitative estimate of drug-likeness (QED) is 0.723. The van der Waals surface area contributed by atoms with E-state index in [0.717, 1.165) is 0 Å². The van der Waals surface area contributed by atoms with Crippen molar-refractivity contribution in [1.29, 1.82) is 0 Å². The number of hydrogen-bond acceptors (Lipinski definition) is 3. The zero-order valence-corrected chi connectivity index (χ0v) is 11.1. The van der Waals surface area contributed by atoms with Crippen LogP contribution in [0.4, 0.5) is 0 Å². The van der Waals surface area contributed by atoms with Crippen LogP contribution in [-0.4, -0.2) is 23.7 Å². The molecule has 1 unspecified atom stereocenters. The molecule has 3 fully saturated rings. The summed E-state index contributed by atoms with van der Waals surface area (Å²) in [5.74, 6) is 0.446. The molecule has 3 aliphatic rings. The fraction of sp³-hybridized carbons (Fsp3) is 0.917. The van der Waals surface area contributed by atoms with Gasteiger partial charge in [-0.3, -0.25) is 4.79 Å². The first-order valence-electron chi connectivity index (χ1n) is 5.94. The van der Waals surface area contributed by atoms with Gasteiger partial charge in [0.1, 0.15) is 11.6 Å². The molecule has 4 heteroatoms. The van der Waals surface area contributed by atoms with Gasteiger partial charge in [0, 0.05) is 6.04 Å². The molecule has 2 saturated heterocycles. The monoisotopic (exact) mass is 247 g/mol. The molecule has 2 heterocycles. The van der Waals surface area contributed by atoms with Gasteiger partial charge in [-0.2, -0.15) is 0 Å². The summed E-state index contributed by atoms with van der Waals surface area (Å²) >= 11 is 0.